The highest BCUT2D eigenvalue weighted by molar-refractivity contribution is 5.86. The van der Waals surface area contributed by atoms with Crippen molar-refractivity contribution in [2.24, 2.45) is 0 Å². The van der Waals surface area contributed by atoms with Gasteiger partial charge >= 0.3 is 11.8 Å². The number of halogens is 1. The molecule has 0 spiro atoms. The Morgan fingerprint density at radius 3 is 2.71 bits per heavy atom. The third-order valence-electron chi connectivity index (χ3n) is 1.41. The number of amides is 1. The number of nitro benzene ring substituents is 1. The number of carboxylic acid groups (broad SMARTS) is 1. The minimum Gasteiger partial charge on any atom is -0.465 e. The zero-order valence-corrected chi connectivity index (χ0v) is 6.73. The van der Waals surface area contributed by atoms with Crippen LogP contribution in [0.2, 0.25) is 0 Å². The Balaban J connectivity index is 3.21. The fourth-order valence-electron chi connectivity index (χ4n) is 0.917. The van der Waals surface area contributed by atoms with E-state index < -0.39 is 22.5 Å². The zero-order valence-electron chi connectivity index (χ0n) is 6.73. The fourth-order valence-corrected chi connectivity index (χ4v) is 0.917. The number of nitrogens with one attached hydrogen (secondary N) is 1. The number of hydrogen-bond donors (Lipinski definition) is 2. The van der Waals surface area contributed by atoms with E-state index in [9.17, 15) is 19.3 Å². The molecule has 0 radical (unpaired) electrons. The molecular formula is C7H5FN2O4. The Kier molecular flexibility index (Phi) is 2.61. The lowest BCUT2D eigenvalue weighted by molar-refractivity contribution is -0.386. The van der Waals surface area contributed by atoms with Crippen molar-refractivity contribution in [2.75, 3.05) is 5.32 Å². The van der Waals surface area contributed by atoms with Crippen LogP contribution in [0.5, 0.6) is 0 Å². The summed E-state index contributed by atoms with van der Waals surface area (Å²) in [5.41, 5.74) is -1.27. The predicted octanol–water partition coefficient (Wildman–Crippen LogP) is 1.82. The molecule has 6 nitrogen and oxygen atoms in total. The third kappa shape index (κ3) is 1.94. The van der Waals surface area contributed by atoms with E-state index in [1.165, 1.54) is 6.07 Å². The highest BCUT2D eigenvalue weighted by atomic mass is 19.1. The van der Waals surface area contributed by atoms with Gasteiger partial charge in [0.2, 0.25) is 5.82 Å². The van der Waals surface area contributed by atoms with Crippen LogP contribution in [0.15, 0.2) is 18.2 Å². The Morgan fingerprint density at radius 1 is 1.57 bits per heavy atom. The molecule has 0 atom stereocenters. The quantitative estimate of drug-likeness (QED) is 0.562. The number of nitrogens with zero attached hydrogens (tertiary/aromatic N) is 1. The second kappa shape index (κ2) is 3.69. The first-order chi connectivity index (χ1) is 6.52. The summed E-state index contributed by atoms with van der Waals surface area (Å²) >= 11 is 0. The molecule has 1 amide bonds. The van der Waals surface area contributed by atoms with E-state index in [-0.39, 0.29) is 5.69 Å². The van der Waals surface area contributed by atoms with E-state index in [1.807, 2.05) is 0 Å². The van der Waals surface area contributed by atoms with Gasteiger partial charge in [-0.25, -0.2) is 4.79 Å². The van der Waals surface area contributed by atoms with Gasteiger partial charge in [-0.1, -0.05) is 6.07 Å². The Morgan fingerprint density at radius 2 is 2.21 bits per heavy atom. The Labute approximate surface area is 77.1 Å². The first-order valence-electron chi connectivity index (χ1n) is 3.45. The molecule has 0 aliphatic heterocycles. The average Bonchev–Trinajstić information content (AvgIpc) is 2.01. The normalized spacial score (nSPS) is 9.50. The van der Waals surface area contributed by atoms with Crippen molar-refractivity contribution < 1.29 is 19.2 Å². The molecule has 1 rings (SSSR count). The summed E-state index contributed by atoms with van der Waals surface area (Å²) in [7, 11) is 0. The molecule has 0 unspecified atom stereocenters. The Bertz CT molecular complexity index is 393. The zero-order chi connectivity index (χ0) is 10.7. The number of benzene rings is 1. The maximum Gasteiger partial charge on any atom is 0.409 e. The smallest absolute Gasteiger partial charge is 0.409 e. The van der Waals surface area contributed by atoms with Crippen molar-refractivity contribution in [1.82, 2.24) is 0 Å². The van der Waals surface area contributed by atoms with E-state index in [0.29, 0.717) is 0 Å². The first-order valence-corrected chi connectivity index (χ1v) is 3.45. The molecule has 14 heavy (non-hydrogen) atoms. The van der Waals surface area contributed by atoms with Crippen LogP contribution in [0.25, 0.3) is 0 Å². The van der Waals surface area contributed by atoms with Crippen LogP contribution in [-0.4, -0.2) is 16.1 Å². The molecule has 0 heterocycles. The molecule has 7 heteroatoms. The van der Waals surface area contributed by atoms with Crippen molar-refractivity contribution >= 4 is 17.5 Å². The van der Waals surface area contributed by atoms with Crippen LogP contribution < -0.4 is 5.32 Å². The first kappa shape index (κ1) is 9.90. The second-order valence-electron chi connectivity index (χ2n) is 2.32. The van der Waals surface area contributed by atoms with Crippen LogP contribution in [0.3, 0.4) is 0 Å². The van der Waals surface area contributed by atoms with Crippen LogP contribution in [-0.2, 0) is 0 Å². The molecule has 2 N–H and O–H groups in total. The van der Waals surface area contributed by atoms with E-state index >= 15 is 0 Å². The second-order valence-corrected chi connectivity index (χ2v) is 2.32. The van der Waals surface area contributed by atoms with Crippen LogP contribution in [0, 0.1) is 15.9 Å². The number of carbonyl (C=O) groups is 1. The highest BCUT2D eigenvalue weighted by Gasteiger charge is 2.20. The molecule has 0 saturated heterocycles. The summed E-state index contributed by atoms with van der Waals surface area (Å²) in [4.78, 5) is 19.6. The highest BCUT2D eigenvalue weighted by Crippen LogP contribution is 2.26. The number of rotatable bonds is 2. The van der Waals surface area contributed by atoms with E-state index in [1.54, 1.807) is 5.32 Å². The minimum atomic E-state index is -1.49. The summed E-state index contributed by atoms with van der Waals surface area (Å²) < 4.78 is 12.9. The van der Waals surface area contributed by atoms with Gasteiger partial charge < -0.3 is 5.11 Å². The standard InChI is InChI=1S/C7H5FN2O4/c8-4-2-1-3-5(9-7(11)12)6(4)10(13)14/h1-3,9H,(H,11,12). The molecule has 0 aromatic heterocycles. The van der Waals surface area contributed by atoms with E-state index in [0.717, 1.165) is 12.1 Å². The number of hydrogen-bond acceptors (Lipinski definition) is 3. The fraction of sp³-hybridized carbons (Fsp3) is 0. The topological polar surface area (TPSA) is 92.5 Å². The van der Waals surface area contributed by atoms with E-state index in [4.69, 9.17) is 5.11 Å². The maximum atomic E-state index is 12.9. The summed E-state index contributed by atoms with van der Waals surface area (Å²) in [6.07, 6.45) is -1.49. The van der Waals surface area contributed by atoms with Crippen molar-refractivity contribution in [3.8, 4) is 0 Å². The summed E-state index contributed by atoms with van der Waals surface area (Å²) in [5, 5.41) is 20.4. The molecule has 0 aliphatic rings. The van der Waals surface area contributed by atoms with Crippen molar-refractivity contribution in [3.63, 3.8) is 0 Å². The lowest BCUT2D eigenvalue weighted by Gasteiger charge is -2.01. The van der Waals surface area contributed by atoms with Gasteiger partial charge in [-0.2, -0.15) is 4.39 Å². The molecule has 0 aliphatic carbocycles. The Hall–Kier alpha value is -2.18. The van der Waals surface area contributed by atoms with Gasteiger partial charge in [0, 0.05) is 0 Å². The third-order valence-corrected chi connectivity index (χ3v) is 1.41. The van der Waals surface area contributed by atoms with E-state index in [2.05, 4.69) is 0 Å². The minimum absolute atomic E-state index is 0.387. The van der Waals surface area contributed by atoms with Gasteiger partial charge in [-0.15, -0.1) is 0 Å². The van der Waals surface area contributed by atoms with Crippen LogP contribution in [0.4, 0.5) is 20.6 Å². The molecule has 0 fully saturated rings. The van der Waals surface area contributed by atoms with Gasteiger partial charge in [-0.3, -0.25) is 15.4 Å². The van der Waals surface area contributed by atoms with Crippen molar-refractivity contribution in [2.45, 2.75) is 0 Å². The molecular weight excluding hydrogens is 195 g/mol. The molecule has 1 aromatic carbocycles. The lowest BCUT2D eigenvalue weighted by atomic mass is 10.2. The number of nitro groups is 1. The van der Waals surface area contributed by atoms with Crippen molar-refractivity contribution in [3.05, 3.63) is 34.1 Å². The lowest BCUT2D eigenvalue weighted by Crippen LogP contribution is -2.09. The largest absolute Gasteiger partial charge is 0.465 e. The maximum absolute atomic E-state index is 12.9. The monoisotopic (exact) mass is 200 g/mol. The summed E-state index contributed by atoms with van der Waals surface area (Å²) in [5.74, 6) is -1.08. The SMILES string of the molecule is O=C(O)Nc1cccc(F)c1[N+](=O)[O-]. The molecule has 0 saturated carbocycles. The van der Waals surface area contributed by atoms with Gasteiger partial charge in [0.15, 0.2) is 0 Å². The van der Waals surface area contributed by atoms with Gasteiger partial charge in [0.05, 0.1) is 4.92 Å². The van der Waals surface area contributed by atoms with Gasteiger partial charge in [0.25, 0.3) is 0 Å². The molecule has 1 aromatic rings. The van der Waals surface area contributed by atoms with Crippen molar-refractivity contribution in [1.29, 1.82) is 0 Å². The van der Waals surface area contributed by atoms with Gasteiger partial charge in [-0.05, 0) is 12.1 Å². The van der Waals surface area contributed by atoms with Crippen LogP contribution in [0.1, 0.15) is 0 Å². The number of para-hydroxylation sites is 1. The summed E-state index contributed by atoms with van der Waals surface area (Å²) in [6.45, 7) is 0. The summed E-state index contributed by atoms with van der Waals surface area (Å²) in [6, 6.07) is 3.16. The average molecular weight is 200 g/mol. The van der Waals surface area contributed by atoms with Gasteiger partial charge in [0.1, 0.15) is 5.69 Å². The van der Waals surface area contributed by atoms with Crippen LogP contribution >= 0.6 is 0 Å². The number of anilines is 1. The predicted molar refractivity (Wildman–Crippen MR) is 44.7 cm³/mol. The molecule has 0 bridgehead atoms. The molecule has 74 valence electrons.